The van der Waals surface area contributed by atoms with Gasteiger partial charge in [-0.05, 0) is 50.0 Å². The Balaban J connectivity index is 2.12. The number of rotatable bonds is 4. The fourth-order valence-electron chi connectivity index (χ4n) is 2.05. The van der Waals surface area contributed by atoms with Crippen molar-refractivity contribution < 1.29 is 9.66 Å². The summed E-state index contributed by atoms with van der Waals surface area (Å²) in [4.78, 5) is 10.7. The van der Waals surface area contributed by atoms with Crippen LogP contribution in [-0.4, -0.2) is 17.6 Å². The minimum atomic E-state index is -0.351. The van der Waals surface area contributed by atoms with Crippen molar-refractivity contribution >= 4 is 11.4 Å². The van der Waals surface area contributed by atoms with Crippen LogP contribution in [0.4, 0.5) is 11.4 Å². The van der Waals surface area contributed by atoms with Gasteiger partial charge in [-0.25, -0.2) is 0 Å². The van der Waals surface area contributed by atoms with Crippen LogP contribution in [0.15, 0.2) is 24.5 Å². The van der Waals surface area contributed by atoms with Gasteiger partial charge in [-0.15, -0.1) is 0 Å². The Hall–Kier alpha value is -2.04. The molecule has 0 aliphatic carbocycles. The van der Waals surface area contributed by atoms with Crippen molar-refractivity contribution in [3.05, 3.63) is 45.7 Å². The summed E-state index contributed by atoms with van der Waals surface area (Å²) in [5, 5.41) is 14.2. The molecule has 1 N–H and O–H groups in total. The number of aryl methyl sites for hydroxylation is 2. The molecule has 1 aliphatic heterocycles. The van der Waals surface area contributed by atoms with Crippen molar-refractivity contribution in [2.75, 3.05) is 11.9 Å². The van der Waals surface area contributed by atoms with Gasteiger partial charge in [-0.3, -0.25) is 10.1 Å². The lowest BCUT2D eigenvalue weighted by atomic mass is 10.1. The number of benzene rings is 1. The third-order valence-electron chi connectivity index (χ3n) is 3.35. The van der Waals surface area contributed by atoms with Crippen molar-refractivity contribution in [2.24, 2.45) is 0 Å². The average molecular weight is 262 g/mol. The van der Waals surface area contributed by atoms with Crippen molar-refractivity contribution in [1.82, 2.24) is 0 Å². The van der Waals surface area contributed by atoms with E-state index in [0.29, 0.717) is 12.2 Å². The molecule has 1 aliphatic rings. The van der Waals surface area contributed by atoms with Crippen LogP contribution < -0.4 is 5.32 Å². The van der Waals surface area contributed by atoms with Crippen molar-refractivity contribution in [3.8, 4) is 0 Å². The number of ether oxygens (including phenoxy) is 1. The summed E-state index contributed by atoms with van der Waals surface area (Å²) >= 11 is 0. The summed E-state index contributed by atoms with van der Waals surface area (Å²) in [5.41, 5.74) is 2.65. The Bertz CT molecular complexity index is 512. The largest absolute Gasteiger partial charge is 0.497 e. The molecular weight excluding hydrogens is 244 g/mol. The molecular formula is C14H18N2O3. The topological polar surface area (TPSA) is 64.4 Å². The highest BCUT2D eigenvalue weighted by Gasteiger charge is 2.17. The summed E-state index contributed by atoms with van der Waals surface area (Å²) in [5.74, 6) is 0. The maximum absolute atomic E-state index is 11.1. The molecule has 0 fully saturated rings. The summed E-state index contributed by atoms with van der Waals surface area (Å²) in [6.07, 6.45) is 5.68. The molecule has 1 unspecified atom stereocenters. The van der Waals surface area contributed by atoms with Gasteiger partial charge in [0.1, 0.15) is 11.8 Å². The molecule has 0 radical (unpaired) electrons. The Morgan fingerprint density at radius 3 is 2.79 bits per heavy atom. The minimum absolute atomic E-state index is 0.0752. The Morgan fingerprint density at radius 1 is 1.42 bits per heavy atom. The molecule has 5 nitrogen and oxygen atoms in total. The molecule has 102 valence electrons. The number of anilines is 1. The molecule has 1 aromatic carbocycles. The molecule has 1 atom stereocenters. The van der Waals surface area contributed by atoms with Crippen molar-refractivity contribution in [1.29, 1.82) is 0 Å². The lowest BCUT2D eigenvalue weighted by molar-refractivity contribution is -0.384. The normalized spacial score (nSPS) is 17.9. The number of nitrogens with one attached hydrogen (secondary N) is 1. The van der Waals surface area contributed by atoms with Gasteiger partial charge < -0.3 is 10.1 Å². The molecule has 0 saturated carbocycles. The molecule has 0 aromatic heterocycles. The Labute approximate surface area is 112 Å². The zero-order chi connectivity index (χ0) is 13.8. The van der Waals surface area contributed by atoms with Crippen LogP contribution in [0.25, 0.3) is 0 Å². The first-order valence-electron chi connectivity index (χ1n) is 6.38. The quantitative estimate of drug-likeness (QED) is 0.667. The molecule has 0 spiro atoms. The zero-order valence-corrected chi connectivity index (χ0v) is 11.2. The highest BCUT2D eigenvalue weighted by Crippen LogP contribution is 2.28. The van der Waals surface area contributed by atoms with Gasteiger partial charge in [-0.2, -0.15) is 0 Å². The first kappa shape index (κ1) is 13.4. The standard InChI is InChI=1S/C14H18N2O3/c1-10-7-13(14(16(17)18)8-11(10)2)15-9-12-5-3-4-6-19-12/h4,6-8,12,15H,3,5,9H2,1-2H3. The molecule has 19 heavy (non-hydrogen) atoms. The van der Waals surface area contributed by atoms with Crippen LogP contribution in [0.2, 0.25) is 0 Å². The number of hydrogen-bond donors (Lipinski definition) is 1. The van der Waals surface area contributed by atoms with Crippen LogP contribution in [0.5, 0.6) is 0 Å². The highest BCUT2D eigenvalue weighted by molar-refractivity contribution is 5.64. The summed E-state index contributed by atoms with van der Waals surface area (Å²) in [6.45, 7) is 4.40. The van der Waals surface area contributed by atoms with Crippen molar-refractivity contribution in [3.63, 3.8) is 0 Å². The predicted molar refractivity (Wildman–Crippen MR) is 74.3 cm³/mol. The molecule has 0 saturated heterocycles. The van der Waals surface area contributed by atoms with Gasteiger partial charge in [-0.1, -0.05) is 0 Å². The third-order valence-corrected chi connectivity index (χ3v) is 3.35. The molecule has 1 heterocycles. The highest BCUT2D eigenvalue weighted by atomic mass is 16.6. The van der Waals surface area contributed by atoms with E-state index in [9.17, 15) is 10.1 Å². The Morgan fingerprint density at radius 2 is 2.16 bits per heavy atom. The summed E-state index contributed by atoms with van der Waals surface area (Å²) < 4.78 is 5.44. The van der Waals surface area contributed by atoms with Crippen LogP contribution in [0.1, 0.15) is 24.0 Å². The molecule has 2 rings (SSSR count). The molecule has 5 heteroatoms. The van der Waals surface area contributed by atoms with E-state index in [1.165, 1.54) is 0 Å². The van der Waals surface area contributed by atoms with E-state index in [1.54, 1.807) is 12.3 Å². The summed E-state index contributed by atoms with van der Waals surface area (Å²) in [6, 6.07) is 3.44. The van der Waals surface area contributed by atoms with Crippen LogP contribution in [0.3, 0.4) is 0 Å². The number of allylic oxidation sites excluding steroid dienone is 1. The van der Waals surface area contributed by atoms with Gasteiger partial charge in [0.2, 0.25) is 0 Å². The van der Waals surface area contributed by atoms with E-state index in [2.05, 4.69) is 5.32 Å². The van der Waals surface area contributed by atoms with E-state index in [4.69, 9.17) is 4.74 Å². The van der Waals surface area contributed by atoms with Gasteiger partial charge in [0, 0.05) is 6.07 Å². The van der Waals surface area contributed by atoms with E-state index < -0.39 is 0 Å². The fourth-order valence-corrected chi connectivity index (χ4v) is 2.05. The first-order valence-corrected chi connectivity index (χ1v) is 6.38. The minimum Gasteiger partial charge on any atom is -0.497 e. The van der Waals surface area contributed by atoms with Gasteiger partial charge in [0.25, 0.3) is 5.69 Å². The maximum Gasteiger partial charge on any atom is 0.292 e. The zero-order valence-electron chi connectivity index (χ0n) is 11.2. The van der Waals surface area contributed by atoms with Crippen molar-refractivity contribution in [2.45, 2.75) is 32.8 Å². The average Bonchev–Trinajstić information content (AvgIpc) is 2.40. The maximum atomic E-state index is 11.1. The van der Waals surface area contributed by atoms with Gasteiger partial charge in [0.05, 0.1) is 17.7 Å². The van der Waals surface area contributed by atoms with Gasteiger partial charge in [0.15, 0.2) is 0 Å². The predicted octanol–water partition coefficient (Wildman–Crippen LogP) is 3.32. The summed E-state index contributed by atoms with van der Waals surface area (Å²) in [7, 11) is 0. The van der Waals surface area contributed by atoms with E-state index in [0.717, 1.165) is 24.0 Å². The lowest BCUT2D eigenvalue weighted by Gasteiger charge is -2.20. The van der Waals surface area contributed by atoms with Crippen LogP contribution in [0, 0.1) is 24.0 Å². The SMILES string of the molecule is Cc1cc(NCC2CCC=CO2)c([N+](=O)[O-])cc1C. The smallest absolute Gasteiger partial charge is 0.292 e. The second kappa shape index (κ2) is 5.73. The van der Waals surface area contributed by atoms with E-state index in [-0.39, 0.29) is 16.7 Å². The molecule has 1 aromatic rings. The third kappa shape index (κ3) is 3.24. The van der Waals surface area contributed by atoms with E-state index >= 15 is 0 Å². The molecule has 0 amide bonds. The number of nitro benzene ring substituents is 1. The monoisotopic (exact) mass is 262 g/mol. The van der Waals surface area contributed by atoms with Gasteiger partial charge >= 0.3 is 0 Å². The first-order chi connectivity index (χ1) is 9.08. The van der Waals surface area contributed by atoms with E-state index in [1.807, 2.05) is 26.0 Å². The second-order valence-electron chi connectivity index (χ2n) is 4.80. The molecule has 0 bridgehead atoms. The lowest BCUT2D eigenvalue weighted by Crippen LogP contribution is -2.23. The number of nitrogens with zero attached hydrogens (tertiary/aromatic N) is 1. The number of nitro groups is 1. The Kier molecular flexibility index (Phi) is 4.04. The second-order valence-corrected chi connectivity index (χ2v) is 4.80. The van der Waals surface area contributed by atoms with Crippen LogP contribution >= 0.6 is 0 Å². The number of hydrogen-bond acceptors (Lipinski definition) is 4. The van der Waals surface area contributed by atoms with Crippen LogP contribution in [-0.2, 0) is 4.74 Å². The fraction of sp³-hybridized carbons (Fsp3) is 0.429.